The van der Waals surface area contributed by atoms with Crippen molar-refractivity contribution in [3.8, 4) is 0 Å². The van der Waals surface area contributed by atoms with E-state index in [1.54, 1.807) is 22.7 Å². The Morgan fingerprint density at radius 1 is 0.500 bits per heavy atom. The molecule has 0 fully saturated rings. The molecular formula is C26H14S2. The monoisotopic (exact) mass is 390 g/mol. The van der Waals surface area contributed by atoms with Gasteiger partial charge in [0.05, 0.1) is 0 Å². The van der Waals surface area contributed by atoms with Crippen LogP contribution in [0.5, 0.6) is 0 Å². The van der Waals surface area contributed by atoms with E-state index in [4.69, 9.17) is 0 Å². The molecule has 1 aliphatic carbocycles. The molecule has 28 heavy (non-hydrogen) atoms. The van der Waals surface area contributed by atoms with Gasteiger partial charge in [-0.3, -0.25) is 0 Å². The van der Waals surface area contributed by atoms with E-state index in [-0.39, 0.29) is 0 Å². The topological polar surface area (TPSA) is 0 Å². The predicted octanol–water partition coefficient (Wildman–Crippen LogP) is 8.03. The molecule has 0 aliphatic heterocycles. The van der Waals surface area contributed by atoms with Gasteiger partial charge in [0.1, 0.15) is 0 Å². The number of hydrogen-bond acceptors (Lipinski definition) is 2. The Morgan fingerprint density at radius 2 is 1.14 bits per heavy atom. The summed E-state index contributed by atoms with van der Waals surface area (Å²) < 4.78 is 0. The van der Waals surface area contributed by atoms with E-state index in [2.05, 4.69) is 82.2 Å². The lowest BCUT2D eigenvalue weighted by Gasteiger charge is -2.13. The molecule has 0 saturated carbocycles. The molecule has 0 nitrogen and oxygen atoms in total. The highest BCUT2D eigenvalue weighted by Crippen LogP contribution is 2.51. The Balaban J connectivity index is 1.75. The number of benzene rings is 4. The third-order valence-corrected chi connectivity index (χ3v) is 7.40. The standard InChI is InChI=1S/C26H14S2/c1-2-15-4-5-16-6-7-20-23(18-8-10-27-13-18)24(19-9-11-28-14-19)21-12-17(3-1)22(15)25(16)26(20)21/h1-14H. The highest BCUT2D eigenvalue weighted by atomic mass is 32.1. The van der Waals surface area contributed by atoms with Crippen molar-refractivity contribution in [3.63, 3.8) is 0 Å². The van der Waals surface area contributed by atoms with Crippen molar-refractivity contribution in [1.29, 1.82) is 0 Å². The summed E-state index contributed by atoms with van der Waals surface area (Å²) >= 11 is 3.54. The Bertz CT molecular complexity index is 1530. The molecule has 2 heterocycles. The maximum Gasteiger partial charge on any atom is -0.00113 e. The van der Waals surface area contributed by atoms with Crippen molar-refractivity contribution in [2.45, 2.75) is 0 Å². The number of hydrogen-bond donors (Lipinski definition) is 0. The van der Waals surface area contributed by atoms with Gasteiger partial charge in [-0.15, -0.1) is 0 Å². The summed E-state index contributed by atoms with van der Waals surface area (Å²) in [5.41, 5.74) is 8.18. The second-order valence-corrected chi connectivity index (χ2v) is 8.99. The third kappa shape index (κ3) is 1.80. The van der Waals surface area contributed by atoms with Crippen molar-refractivity contribution < 1.29 is 0 Å². The van der Waals surface area contributed by atoms with E-state index in [0.29, 0.717) is 0 Å². The van der Waals surface area contributed by atoms with Gasteiger partial charge in [0.25, 0.3) is 0 Å². The molecule has 0 amide bonds. The van der Waals surface area contributed by atoms with Crippen LogP contribution < -0.4 is 0 Å². The van der Waals surface area contributed by atoms with Gasteiger partial charge in [0.2, 0.25) is 0 Å². The average Bonchev–Trinajstić information content (AvgIpc) is 3.48. The van der Waals surface area contributed by atoms with E-state index in [0.717, 1.165) is 0 Å². The van der Waals surface area contributed by atoms with Crippen LogP contribution in [0.3, 0.4) is 0 Å². The zero-order valence-corrected chi connectivity index (χ0v) is 16.5. The maximum absolute atomic E-state index is 2.42. The second-order valence-electron chi connectivity index (χ2n) is 7.43. The van der Waals surface area contributed by atoms with Gasteiger partial charge >= 0.3 is 0 Å². The van der Waals surface area contributed by atoms with Gasteiger partial charge in [0, 0.05) is 0 Å². The summed E-state index contributed by atoms with van der Waals surface area (Å²) in [6.45, 7) is 0. The van der Waals surface area contributed by atoms with Gasteiger partial charge < -0.3 is 0 Å². The minimum atomic E-state index is 1.33. The molecule has 1 aliphatic rings. The van der Waals surface area contributed by atoms with Crippen molar-refractivity contribution >= 4 is 66.1 Å². The highest BCUT2D eigenvalue weighted by molar-refractivity contribution is 7.08. The summed E-state index contributed by atoms with van der Waals surface area (Å²) in [5.74, 6) is 0. The van der Waals surface area contributed by atoms with Gasteiger partial charge in [-0.25, -0.2) is 0 Å². The zero-order valence-electron chi connectivity index (χ0n) is 14.9. The lowest BCUT2D eigenvalue weighted by atomic mass is 9.89. The lowest BCUT2D eigenvalue weighted by Crippen LogP contribution is -1.88. The number of thiophene rings is 2. The first-order valence-electron chi connectivity index (χ1n) is 9.41. The zero-order chi connectivity index (χ0) is 18.2. The van der Waals surface area contributed by atoms with E-state index < -0.39 is 0 Å². The average molecular weight is 391 g/mol. The van der Waals surface area contributed by atoms with E-state index >= 15 is 0 Å². The minimum Gasteiger partial charge on any atom is -0.152 e. The molecule has 0 unspecified atom stereocenters. The van der Waals surface area contributed by atoms with Crippen LogP contribution in [0.1, 0.15) is 22.3 Å². The van der Waals surface area contributed by atoms with Crippen LogP contribution >= 0.6 is 22.7 Å². The van der Waals surface area contributed by atoms with E-state index in [9.17, 15) is 0 Å². The SMILES string of the molecule is c1cc2ccc3ccc4c5c(cc(c1)c2c35)C(c1ccsc1)=C4c1ccsc1. The quantitative estimate of drug-likeness (QED) is 0.262. The molecule has 0 spiro atoms. The molecule has 6 aromatic rings. The molecule has 4 aromatic carbocycles. The summed E-state index contributed by atoms with van der Waals surface area (Å²) in [4.78, 5) is 0. The Morgan fingerprint density at radius 3 is 1.86 bits per heavy atom. The fourth-order valence-corrected chi connectivity index (χ4v) is 6.23. The summed E-state index contributed by atoms with van der Waals surface area (Å²) in [6.07, 6.45) is 0. The molecule has 0 N–H and O–H groups in total. The molecule has 0 saturated heterocycles. The fourth-order valence-electron chi connectivity index (χ4n) is 4.94. The van der Waals surface area contributed by atoms with Crippen LogP contribution in [0.4, 0.5) is 0 Å². The highest BCUT2D eigenvalue weighted by Gasteiger charge is 2.28. The smallest absolute Gasteiger partial charge is 0.00113 e. The van der Waals surface area contributed by atoms with Crippen molar-refractivity contribution in [3.05, 3.63) is 104 Å². The molecule has 0 atom stereocenters. The Labute approximate surface area is 170 Å². The number of rotatable bonds is 2. The molecule has 0 radical (unpaired) electrons. The predicted molar refractivity (Wildman–Crippen MR) is 124 cm³/mol. The molecule has 2 aromatic heterocycles. The van der Waals surface area contributed by atoms with Crippen molar-refractivity contribution in [2.75, 3.05) is 0 Å². The van der Waals surface area contributed by atoms with Gasteiger partial charge in [0.15, 0.2) is 0 Å². The summed E-state index contributed by atoms with van der Waals surface area (Å²) in [6, 6.07) is 22.8. The van der Waals surface area contributed by atoms with Crippen molar-refractivity contribution in [1.82, 2.24) is 0 Å². The van der Waals surface area contributed by atoms with Crippen LogP contribution in [-0.4, -0.2) is 0 Å². The largest absolute Gasteiger partial charge is 0.152 e. The first kappa shape index (κ1) is 15.0. The van der Waals surface area contributed by atoms with Gasteiger partial charge in [-0.2, -0.15) is 22.7 Å². The maximum atomic E-state index is 2.42. The van der Waals surface area contributed by atoms with Crippen LogP contribution in [0.2, 0.25) is 0 Å². The summed E-state index contributed by atoms with van der Waals surface area (Å²) in [7, 11) is 0. The van der Waals surface area contributed by atoms with E-state index in [1.807, 2.05) is 0 Å². The van der Waals surface area contributed by atoms with Crippen LogP contribution in [0.25, 0.3) is 43.5 Å². The molecular weight excluding hydrogens is 376 g/mol. The molecule has 7 rings (SSSR count). The molecule has 130 valence electrons. The Hall–Kier alpha value is -2.94. The lowest BCUT2D eigenvalue weighted by molar-refractivity contribution is 1.69. The van der Waals surface area contributed by atoms with Crippen molar-refractivity contribution in [2.24, 2.45) is 0 Å². The minimum absolute atomic E-state index is 1.33. The Kier molecular flexibility index (Phi) is 2.85. The first-order chi connectivity index (χ1) is 13.9. The third-order valence-electron chi connectivity index (χ3n) is 6.04. The fraction of sp³-hybridized carbons (Fsp3) is 0. The summed E-state index contributed by atoms with van der Waals surface area (Å²) in [5, 5.41) is 17.2. The van der Waals surface area contributed by atoms with Crippen LogP contribution in [0.15, 0.2) is 82.2 Å². The van der Waals surface area contributed by atoms with E-state index in [1.165, 1.54) is 65.7 Å². The second kappa shape index (κ2) is 5.32. The van der Waals surface area contributed by atoms with Crippen LogP contribution in [-0.2, 0) is 0 Å². The van der Waals surface area contributed by atoms with Crippen LogP contribution in [0, 0.1) is 0 Å². The molecule has 2 heteroatoms. The molecule has 0 bridgehead atoms. The normalized spacial score (nSPS) is 13.6. The first-order valence-corrected chi connectivity index (χ1v) is 11.3. The van der Waals surface area contributed by atoms with Gasteiger partial charge in [-0.1, -0.05) is 42.5 Å². The van der Waals surface area contributed by atoms with Gasteiger partial charge in [-0.05, 0) is 105 Å².